The van der Waals surface area contributed by atoms with Gasteiger partial charge >= 0.3 is 17.9 Å². The molecule has 210 valence electrons. The number of aliphatic hydroxyl groups excluding tert-OH is 1. The minimum Gasteiger partial charge on any atom is -0.462 e. The van der Waals surface area contributed by atoms with Crippen molar-refractivity contribution in [2.24, 2.45) is 10.8 Å². The first kappa shape index (κ1) is 25.4. The zero-order valence-corrected chi connectivity index (χ0v) is 22.2. The first-order valence-electron chi connectivity index (χ1n) is 13.9. The molecule has 2 spiro atoms. The van der Waals surface area contributed by atoms with Crippen molar-refractivity contribution < 1.29 is 47.9 Å². The van der Waals surface area contributed by atoms with Crippen LogP contribution in [-0.2, 0) is 42.8 Å². The molecule has 1 N–H and O–H groups in total. The largest absolute Gasteiger partial charge is 0.462 e. The Hall–Kier alpha value is -2.53. The van der Waals surface area contributed by atoms with Crippen molar-refractivity contribution in [2.45, 2.75) is 94.1 Å². The summed E-state index contributed by atoms with van der Waals surface area (Å²) in [6, 6.07) is 0. The van der Waals surface area contributed by atoms with Crippen molar-refractivity contribution in [3.63, 3.8) is 0 Å². The van der Waals surface area contributed by atoms with E-state index in [2.05, 4.69) is 19.9 Å². The second-order valence-corrected chi connectivity index (χ2v) is 12.3. The number of hydrogen-bond donors (Lipinski definition) is 1. The number of epoxide rings is 1. The molecule has 10 heteroatoms. The van der Waals surface area contributed by atoms with Gasteiger partial charge in [-0.25, -0.2) is 14.4 Å². The molecule has 5 aliphatic heterocycles. The van der Waals surface area contributed by atoms with Crippen LogP contribution in [0.4, 0.5) is 0 Å². The van der Waals surface area contributed by atoms with E-state index in [0.717, 1.165) is 6.42 Å². The maximum atomic E-state index is 13.3. The van der Waals surface area contributed by atoms with Gasteiger partial charge in [-0.1, -0.05) is 24.6 Å². The fraction of sp³-hybridized carbons (Fsp3) is 0.690. The minimum atomic E-state index is -1.50. The van der Waals surface area contributed by atoms with E-state index in [0.29, 0.717) is 37.9 Å². The van der Waals surface area contributed by atoms with Crippen LogP contribution in [0.2, 0.25) is 0 Å². The number of carbonyl (C=O) groups is 3. The molecule has 4 saturated heterocycles. The van der Waals surface area contributed by atoms with Crippen LogP contribution in [0.1, 0.15) is 52.4 Å². The van der Waals surface area contributed by atoms with E-state index in [-0.39, 0.29) is 31.8 Å². The van der Waals surface area contributed by atoms with Gasteiger partial charge in [0.25, 0.3) is 0 Å². The summed E-state index contributed by atoms with van der Waals surface area (Å²) in [5.74, 6) is -1.84. The van der Waals surface area contributed by atoms with Gasteiger partial charge in [0, 0.05) is 24.0 Å². The lowest BCUT2D eigenvalue weighted by molar-refractivity contribution is -0.232. The number of rotatable bonds is 0. The number of ether oxygens (including phenoxy) is 6. The summed E-state index contributed by atoms with van der Waals surface area (Å²) in [7, 11) is 0. The van der Waals surface area contributed by atoms with Crippen LogP contribution in [0.25, 0.3) is 0 Å². The predicted octanol–water partition coefficient (Wildman–Crippen LogP) is 1.84. The second kappa shape index (κ2) is 8.49. The van der Waals surface area contributed by atoms with E-state index in [4.69, 9.17) is 28.4 Å². The smallest absolute Gasteiger partial charge is 0.338 e. The molecule has 5 fully saturated rings. The molecular weight excluding hydrogens is 508 g/mol. The second-order valence-electron chi connectivity index (χ2n) is 12.3. The van der Waals surface area contributed by atoms with Gasteiger partial charge in [-0.15, -0.1) is 0 Å². The highest BCUT2D eigenvalue weighted by Gasteiger charge is 2.83. The van der Waals surface area contributed by atoms with E-state index in [1.54, 1.807) is 6.08 Å². The highest BCUT2D eigenvalue weighted by molar-refractivity contribution is 5.85. The molecule has 7 rings (SSSR count). The van der Waals surface area contributed by atoms with E-state index < -0.39 is 58.3 Å². The SMILES string of the molecule is CC1=C[C@H]2O[C@@H]3C[C@H]4OC(=O)/C=C\CC[C@@]56OCC/C(=C/C(=O)OC[C@@]2(CC1)[C@]4(C)[C@]31CO1)[C@H]5OC(=O)[C@@H]6O. The summed E-state index contributed by atoms with van der Waals surface area (Å²) in [5.41, 5.74) is -1.50. The van der Waals surface area contributed by atoms with E-state index >= 15 is 0 Å². The molecule has 39 heavy (non-hydrogen) atoms. The molecule has 5 heterocycles. The number of allylic oxidation sites excluding steroid dienone is 2. The Morgan fingerprint density at radius 2 is 1.82 bits per heavy atom. The lowest BCUT2D eigenvalue weighted by atomic mass is 9.51. The first-order chi connectivity index (χ1) is 18.7. The van der Waals surface area contributed by atoms with E-state index in [1.807, 2.05) is 0 Å². The van der Waals surface area contributed by atoms with Crippen molar-refractivity contribution in [3.8, 4) is 0 Å². The van der Waals surface area contributed by atoms with Crippen molar-refractivity contribution in [3.05, 3.63) is 35.5 Å². The topological polar surface area (TPSA) is 130 Å². The molecule has 0 unspecified atom stereocenters. The summed E-state index contributed by atoms with van der Waals surface area (Å²) in [6.45, 7) is 4.94. The van der Waals surface area contributed by atoms with Gasteiger partial charge in [0.1, 0.15) is 23.9 Å². The lowest BCUT2D eigenvalue weighted by Crippen LogP contribution is -2.66. The number of carbonyl (C=O) groups excluding carboxylic acids is 3. The Bertz CT molecular complexity index is 1210. The molecule has 7 aliphatic rings. The molecule has 0 radical (unpaired) electrons. The van der Waals surface area contributed by atoms with Crippen LogP contribution >= 0.6 is 0 Å². The van der Waals surface area contributed by atoms with Gasteiger partial charge in [-0.05, 0) is 44.6 Å². The minimum absolute atomic E-state index is 0.0526. The average Bonchev–Trinajstić information content (AvgIpc) is 3.64. The standard InChI is InChI=1S/C29H34O10/c1-16-6-9-27-14-34-22(31)12-17-7-10-35-28(23(32)25(33)39-24(17)28)8-4-3-5-21(30)38-18-13-20(37-19(27)11-16)29(15-36-29)26(18,27)2/h3,5,11-12,18-20,23-24,32H,4,6-10,13-15H2,1-2H3/b5-3-,17-12-/t18-,19-,20-,23+,24-,26-,27-,28+,29+/m1/s1. The Kier molecular flexibility index (Phi) is 5.54. The molecule has 4 bridgehead atoms. The zero-order chi connectivity index (χ0) is 27.2. The van der Waals surface area contributed by atoms with Gasteiger partial charge in [-0.2, -0.15) is 0 Å². The predicted molar refractivity (Wildman–Crippen MR) is 132 cm³/mol. The molecule has 0 aromatic rings. The Labute approximate surface area is 226 Å². The maximum Gasteiger partial charge on any atom is 0.338 e. The third-order valence-corrected chi connectivity index (χ3v) is 10.7. The Balaban J connectivity index is 1.30. The van der Waals surface area contributed by atoms with Gasteiger partial charge in [-0.3, -0.25) is 0 Å². The van der Waals surface area contributed by atoms with Crippen LogP contribution in [0, 0.1) is 10.8 Å². The zero-order valence-electron chi connectivity index (χ0n) is 22.2. The van der Waals surface area contributed by atoms with Crippen LogP contribution in [0.15, 0.2) is 35.5 Å². The molecule has 0 amide bonds. The van der Waals surface area contributed by atoms with Crippen LogP contribution in [0.5, 0.6) is 0 Å². The Morgan fingerprint density at radius 3 is 2.62 bits per heavy atom. The maximum absolute atomic E-state index is 13.3. The number of hydrogen-bond acceptors (Lipinski definition) is 10. The number of esters is 3. The fourth-order valence-electron chi connectivity index (χ4n) is 8.34. The van der Waals surface area contributed by atoms with Crippen LogP contribution < -0.4 is 0 Å². The van der Waals surface area contributed by atoms with Gasteiger partial charge in [0.2, 0.25) is 0 Å². The molecule has 2 aliphatic carbocycles. The monoisotopic (exact) mass is 542 g/mol. The summed E-state index contributed by atoms with van der Waals surface area (Å²) in [5, 5.41) is 10.7. The summed E-state index contributed by atoms with van der Waals surface area (Å²) in [6.07, 6.45) is 5.99. The van der Waals surface area contributed by atoms with Crippen molar-refractivity contribution in [2.75, 3.05) is 19.8 Å². The molecule has 0 aromatic carbocycles. The highest BCUT2D eigenvalue weighted by Crippen LogP contribution is 2.72. The molecule has 10 nitrogen and oxygen atoms in total. The molecule has 9 atom stereocenters. The van der Waals surface area contributed by atoms with Gasteiger partial charge in [0.05, 0.1) is 30.8 Å². The summed E-state index contributed by atoms with van der Waals surface area (Å²) < 4.78 is 36.4. The van der Waals surface area contributed by atoms with Crippen molar-refractivity contribution in [1.29, 1.82) is 0 Å². The number of cyclic esters (lactones) is 1. The Morgan fingerprint density at radius 1 is 1.00 bits per heavy atom. The number of aliphatic hydroxyl groups is 1. The first-order valence-corrected chi connectivity index (χ1v) is 13.9. The molecular formula is C29H34O10. The fourth-order valence-corrected chi connectivity index (χ4v) is 8.34. The summed E-state index contributed by atoms with van der Waals surface area (Å²) >= 11 is 0. The normalized spacial score (nSPS) is 50.9. The molecule has 0 aromatic heterocycles. The van der Waals surface area contributed by atoms with E-state index in [9.17, 15) is 19.5 Å². The highest BCUT2D eigenvalue weighted by atomic mass is 16.6. The van der Waals surface area contributed by atoms with Crippen molar-refractivity contribution in [1.82, 2.24) is 0 Å². The van der Waals surface area contributed by atoms with Crippen LogP contribution in [-0.4, -0.2) is 84.6 Å². The van der Waals surface area contributed by atoms with E-state index in [1.165, 1.54) is 17.7 Å². The lowest BCUT2D eigenvalue weighted by Gasteiger charge is -2.58. The third kappa shape index (κ3) is 3.32. The van der Waals surface area contributed by atoms with Gasteiger partial charge in [0.15, 0.2) is 12.2 Å². The quantitative estimate of drug-likeness (QED) is 0.209. The third-order valence-electron chi connectivity index (χ3n) is 10.7. The van der Waals surface area contributed by atoms with Gasteiger partial charge < -0.3 is 33.5 Å². The van der Waals surface area contributed by atoms with Crippen molar-refractivity contribution >= 4 is 17.9 Å². The average molecular weight is 543 g/mol. The molecule has 1 saturated carbocycles. The summed E-state index contributed by atoms with van der Waals surface area (Å²) in [4.78, 5) is 38.8. The van der Waals surface area contributed by atoms with Crippen LogP contribution in [0.3, 0.4) is 0 Å².